The summed E-state index contributed by atoms with van der Waals surface area (Å²) < 4.78 is 5.37. The van der Waals surface area contributed by atoms with Crippen molar-refractivity contribution in [2.45, 2.75) is 25.8 Å². The van der Waals surface area contributed by atoms with Gasteiger partial charge in [0.2, 0.25) is 5.91 Å². The van der Waals surface area contributed by atoms with Gasteiger partial charge >= 0.3 is 0 Å². The fourth-order valence-corrected chi connectivity index (χ4v) is 3.29. The number of amides is 1. The molecular formula is C21H23NO2. The molecule has 0 spiro atoms. The van der Waals surface area contributed by atoms with E-state index in [4.69, 9.17) is 4.74 Å². The third kappa shape index (κ3) is 3.51. The molecule has 0 saturated carbocycles. The average molecular weight is 321 g/mol. The average Bonchev–Trinajstić information content (AvgIpc) is 3.10. The highest BCUT2D eigenvalue weighted by molar-refractivity contribution is 5.92. The molecule has 0 aliphatic carbocycles. The van der Waals surface area contributed by atoms with Gasteiger partial charge in [-0.25, -0.2) is 0 Å². The van der Waals surface area contributed by atoms with E-state index in [0.717, 1.165) is 36.3 Å². The summed E-state index contributed by atoms with van der Waals surface area (Å²) in [4.78, 5) is 14.7. The minimum Gasteiger partial charge on any atom is -0.496 e. The molecule has 0 unspecified atom stereocenters. The van der Waals surface area contributed by atoms with Crippen LogP contribution in [0, 0.1) is 6.92 Å². The van der Waals surface area contributed by atoms with E-state index in [1.165, 1.54) is 5.56 Å². The summed E-state index contributed by atoms with van der Waals surface area (Å²) >= 11 is 0. The molecule has 0 bridgehead atoms. The lowest BCUT2D eigenvalue weighted by Gasteiger charge is -2.23. The van der Waals surface area contributed by atoms with Crippen molar-refractivity contribution in [1.82, 2.24) is 4.90 Å². The quantitative estimate of drug-likeness (QED) is 0.782. The first-order valence-corrected chi connectivity index (χ1v) is 8.37. The molecule has 3 heteroatoms. The minimum absolute atomic E-state index is 0.0601. The van der Waals surface area contributed by atoms with Crippen LogP contribution in [0.5, 0.6) is 5.75 Å². The van der Waals surface area contributed by atoms with Crippen molar-refractivity contribution in [3.8, 4) is 5.75 Å². The number of likely N-dealkylation sites (tertiary alicyclic amines) is 1. The second kappa shape index (κ2) is 7.35. The van der Waals surface area contributed by atoms with Gasteiger partial charge in [0.25, 0.3) is 0 Å². The van der Waals surface area contributed by atoms with Gasteiger partial charge < -0.3 is 9.64 Å². The van der Waals surface area contributed by atoms with Gasteiger partial charge in [0.05, 0.1) is 13.2 Å². The number of nitrogens with zero attached hydrogens (tertiary/aromatic N) is 1. The fourth-order valence-electron chi connectivity index (χ4n) is 3.29. The number of rotatable bonds is 4. The highest BCUT2D eigenvalue weighted by Gasteiger charge is 2.28. The summed E-state index contributed by atoms with van der Waals surface area (Å²) in [6, 6.07) is 16.4. The van der Waals surface area contributed by atoms with Crippen molar-refractivity contribution in [3.63, 3.8) is 0 Å². The first-order chi connectivity index (χ1) is 11.7. The van der Waals surface area contributed by atoms with Gasteiger partial charge in [-0.2, -0.15) is 0 Å². The van der Waals surface area contributed by atoms with E-state index in [2.05, 4.69) is 12.1 Å². The lowest BCUT2D eigenvalue weighted by molar-refractivity contribution is -0.126. The van der Waals surface area contributed by atoms with Crippen LogP contribution in [0.2, 0.25) is 0 Å². The maximum absolute atomic E-state index is 12.7. The van der Waals surface area contributed by atoms with Crippen molar-refractivity contribution in [2.75, 3.05) is 13.7 Å². The third-order valence-corrected chi connectivity index (χ3v) is 4.51. The van der Waals surface area contributed by atoms with E-state index in [-0.39, 0.29) is 11.9 Å². The Kier molecular flexibility index (Phi) is 4.99. The number of ether oxygens (including phenoxy) is 1. The molecule has 3 rings (SSSR count). The zero-order chi connectivity index (χ0) is 16.9. The highest BCUT2D eigenvalue weighted by atomic mass is 16.5. The largest absolute Gasteiger partial charge is 0.496 e. The predicted molar refractivity (Wildman–Crippen MR) is 96.9 cm³/mol. The Bertz CT molecular complexity index is 737. The molecule has 0 aromatic heterocycles. The Morgan fingerprint density at radius 2 is 2.00 bits per heavy atom. The second-order valence-corrected chi connectivity index (χ2v) is 6.18. The van der Waals surface area contributed by atoms with Gasteiger partial charge in [-0.05, 0) is 43.5 Å². The van der Waals surface area contributed by atoms with Gasteiger partial charge in [-0.15, -0.1) is 0 Å². The Morgan fingerprint density at radius 1 is 1.21 bits per heavy atom. The fraction of sp³-hybridized carbons (Fsp3) is 0.286. The Labute approximate surface area is 143 Å². The molecule has 0 radical (unpaired) electrons. The van der Waals surface area contributed by atoms with Crippen LogP contribution < -0.4 is 4.74 Å². The topological polar surface area (TPSA) is 29.5 Å². The van der Waals surface area contributed by atoms with Crippen LogP contribution in [0.4, 0.5) is 0 Å². The molecular weight excluding hydrogens is 298 g/mol. The second-order valence-electron chi connectivity index (χ2n) is 6.18. The van der Waals surface area contributed by atoms with E-state index in [1.54, 1.807) is 13.2 Å². The molecule has 1 aliphatic rings. The van der Waals surface area contributed by atoms with Crippen molar-refractivity contribution in [3.05, 3.63) is 71.3 Å². The van der Waals surface area contributed by atoms with Gasteiger partial charge in [0, 0.05) is 18.2 Å². The first kappa shape index (κ1) is 16.3. The lowest BCUT2D eigenvalue weighted by Crippen LogP contribution is -2.28. The summed E-state index contributed by atoms with van der Waals surface area (Å²) in [5.41, 5.74) is 3.29. The molecule has 1 amide bonds. The van der Waals surface area contributed by atoms with Crippen molar-refractivity contribution < 1.29 is 9.53 Å². The standard InChI is InChI=1S/C21H23NO2/c1-16-10-12-20(24-2)18(15-16)11-13-21(23)22-14-6-9-19(22)17-7-4-3-5-8-17/h3-5,7-8,10-13,15,19H,6,9,14H2,1-2H3/b13-11+/t19-/m0/s1. The molecule has 2 aromatic carbocycles. The number of hydrogen-bond acceptors (Lipinski definition) is 2. The Balaban J connectivity index is 1.78. The van der Waals surface area contributed by atoms with Gasteiger partial charge in [-0.1, -0.05) is 42.0 Å². The van der Waals surface area contributed by atoms with Crippen LogP contribution in [0.15, 0.2) is 54.6 Å². The molecule has 1 atom stereocenters. The van der Waals surface area contributed by atoms with Gasteiger partial charge in [-0.3, -0.25) is 4.79 Å². The molecule has 0 N–H and O–H groups in total. The summed E-state index contributed by atoms with van der Waals surface area (Å²) in [5, 5.41) is 0. The molecule has 2 aromatic rings. The van der Waals surface area contributed by atoms with Crippen molar-refractivity contribution in [2.24, 2.45) is 0 Å². The number of aryl methyl sites for hydroxylation is 1. The molecule has 1 fully saturated rings. The smallest absolute Gasteiger partial charge is 0.247 e. The Morgan fingerprint density at radius 3 is 2.75 bits per heavy atom. The van der Waals surface area contributed by atoms with E-state index in [9.17, 15) is 4.79 Å². The van der Waals surface area contributed by atoms with Crippen molar-refractivity contribution >= 4 is 12.0 Å². The van der Waals surface area contributed by atoms with Crippen LogP contribution >= 0.6 is 0 Å². The molecule has 24 heavy (non-hydrogen) atoms. The monoisotopic (exact) mass is 321 g/mol. The van der Waals surface area contributed by atoms with Crippen LogP contribution in [-0.4, -0.2) is 24.5 Å². The van der Waals surface area contributed by atoms with E-state index in [1.807, 2.05) is 54.3 Å². The summed E-state index contributed by atoms with van der Waals surface area (Å²) in [5.74, 6) is 0.843. The number of benzene rings is 2. The molecule has 1 aliphatic heterocycles. The number of carbonyl (C=O) groups excluding carboxylic acids is 1. The summed E-state index contributed by atoms with van der Waals surface area (Å²) in [7, 11) is 1.65. The molecule has 1 saturated heterocycles. The maximum Gasteiger partial charge on any atom is 0.247 e. The third-order valence-electron chi connectivity index (χ3n) is 4.51. The SMILES string of the molecule is COc1ccc(C)cc1/C=C/C(=O)N1CCC[C@H]1c1ccccc1. The normalized spacial score (nSPS) is 17.4. The predicted octanol–water partition coefficient (Wildman–Crippen LogP) is 4.38. The van der Waals surface area contributed by atoms with Crippen LogP contribution in [0.3, 0.4) is 0 Å². The zero-order valence-corrected chi connectivity index (χ0v) is 14.2. The van der Waals surface area contributed by atoms with Crippen molar-refractivity contribution in [1.29, 1.82) is 0 Å². The minimum atomic E-state index is 0.0601. The summed E-state index contributed by atoms with van der Waals surface area (Å²) in [6.07, 6.45) is 5.59. The summed E-state index contributed by atoms with van der Waals surface area (Å²) in [6.45, 7) is 2.85. The number of carbonyl (C=O) groups is 1. The number of hydrogen-bond donors (Lipinski definition) is 0. The number of methoxy groups -OCH3 is 1. The first-order valence-electron chi connectivity index (χ1n) is 8.37. The molecule has 3 nitrogen and oxygen atoms in total. The van der Waals surface area contributed by atoms with Crippen LogP contribution in [0.1, 0.15) is 35.6 Å². The Hall–Kier alpha value is -2.55. The van der Waals surface area contributed by atoms with E-state index in [0.29, 0.717) is 0 Å². The van der Waals surface area contributed by atoms with Crippen LogP contribution in [-0.2, 0) is 4.79 Å². The van der Waals surface area contributed by atoms with E-state index < -0.39 is 0 Å². The zero-order valence-electron chi connectivity index (χ0n) is 14.2. The molecule has 1 heterocycles. The highest BCUT2D eigenvalue weighted by Crippen LogP contribution is 2.32. The lowest BCUT2D eigenvalue weighted by atomic mass is 10.0. The van der Waals surface area contributed by atoms with E-state index >= 15 is 0 Å². The molecule has 124 valence electrons. The maximum atomic E-state index is 12.7. The van der Waals surface area contributed by atoms with Gasteiger partial charge in [0.1, 0.15) is 5.75 Å². The van der Waals surface area contributed by atoms with Gasteiger partial charge in [0.15, 0.2) is 0 Å². The van der Waals surface area contributed by atoms with Crippen LogP contribution in [0.25, 0.3) is 6.08 Å².